The van der Waals surface area contributed by atoms with Gasteiger partial charge in [0.25, 0.3) is 0 Å². The third-order valence-electron chi connectivity index (χ3n) is 4.00. The summed E-state index contributed by atoms with van der Waals surface area (Å²) >= 11 is 0. The highest BCUT2D eigenvalue weighted by molar-refractivity contribution is 14.0. The number of aliphatic imine (C=N–C) groups is 1. The lowest BCUT2D eigenvalue weighted by Gasteiger charge is -2.12. The molecule has 0 bridgehead atoms. The fraction of sp³-hybridized carbons (Fsp3) is 0.364. The SMILES string of the molecule is CCNC(=NCc1ccccc1OCC)NCCC(=O)NCc1ccccc1.I. The summed E-state index contributed by atoms with van der Waals surface area (Å²) in [6.07, 6.45) is 0.382. The van der Waals surface area contributed by atoms with Crippen molar-refractivity contribution < 1.29 is 9.53 Å². The van der Waals surface area contributed by atoms with Crippen molar-refractivity contribution in [3.05, 3.63) is 65.7 Å². The van der Waals surface area contributed by atoms with Crippen LogP contribution in [0.5, 0.6) is 5.75 Å². The molecule has 6 nitrogen and oxygen atoms in total. The molecule has 0 spiro atoms. The summed E-state index contributed by atoms with van der Waals surface area (Å²) in [7, 11) is 0. The highest BCUT2D eigenvalue weighted by atomic mass is 127. The molecular formula is C22H31IN4O2. The summed E-state index contributed by atoms with van der Waals surface area (Å²) in [5.41, 5.74) is 2.12. The molecule has 0 atom stereocenters. The normalized spacial score (nSPS) is 10.6. The second kappa shape index (κ2) is 14.7. The molecule has 0 saturated carbocycles. The molecule has 3 N–H and O–H groups in total. The Morgan fingerprint density at radius 1 is 0.966 bits per heavy atom. The molecule has 0 radical (unpaired) electrons. The molecule has 1 amide bonds. The van der Waals surface area contributed by atoms with Crippen molar-refractivity contribution in [2.75, 3.05) is 19.7 Å². The maximum Gasteiger partial charge on any atom is 0.222 e. The molecule has 0 aliphatic carbocycles. The van der Waals surface area contributed by atoms with Gasteiger partial charge in [0.15, 0.2) is 5.96 Å². The molecule has 0 fully saturated rings. The maximum atomic E-state index is 12.0. The minimum atomic E-state index is 0. The molecule has 2 aromatic rings. The van der Waals surface area contributed by atoms with E-state index in [-0.39, 0.29) is 29.9 Å². The Balaban J connectivity index is 0.00000420. The Kier molecular flexibility index (Phi) is 12.5. The third-order valence-corrected chi connectivity index (χ3v) is 4.00. The number of benzene rings is 2. The van der Waals surface area contributed by atoms with Crippen LogP contribution in [0.2, 0.25) is 0 Å². The van der Waals surface area contributed by atoms with Gasteiger partial charge in [-0.1, -0.05) is 48.5 Å². The van der Waals surface area contributed by atoms with Crippen molar-refractivity contribution in [2.24, 2.45) is 4.99 Å². The van der Waals surface area contributed by atoms with Crippen molar-refractivity contribution in [1.29, 1.82) is 0 Å². The largest absolute Gasteiger partial charge is 0.494 e. The summed E-state index contributed by atoms with van der Waals surface area (Å²) in [5, 5.41) is 9.34. The van der Waals surface area contributed by atoms with Crippen LogP contribution in [0, 0.1) is 0 Å². The van der Waals surface area contributed by atoms with Gasteiger partial charge in [0.2, 0.25) is 5.91 Å². The number of ether oxygens (including phenoxy) is 1. The van der Waals surface area contributed by atoms with Crippen LogP contribution in [-0.4, -0.2) is 31.6 Å². The van der Waals surface area contributed by atoms with Crippen LogP contribution in [-0.2, 0) is 17.9 Å². The summed E-state index contributed by atoms with van der Waals surface area (Å²) in [4.78, 5) is 16.6. The Hall–Kier alpha value is -2.29. The van der Waals surface area contributed by atoms with Gasteiger partial charge in [0.1, 0.15) is 5.75 Å². The summed E-state index contributed by atoms with van der Waals surface area (Å²) in [6.45, 7) is 6.91. The number of carbonyl (C=O) groups is 1. The lowest BCUT2D eigenvalue weighted by atomic mass is 10.2. The number of guanidine groups is 1. The van der Waals surface area contributed by atoms with Crippen molar-refractivity contribution in [3.63, 3.8) is 0 Å². The quantitative estimate of drug-likeness (QED) is 0.260. The van der Waals surface area contributed by atoms with Crippen LogP contribution in [0.25, 0.3) is 0 Å². The Morgan fingerprint density at radius 2 is 1.69 bits per heavy atom. The molecule has 0 saturated heterocycles. The van der Waals surface area contributed by atoms with Gasteiger partial charge < -0.3 is 20.7 Å². The van der Waals surface area contributed by atoms with Gasteiger partial charge in [0, 0.05) is 31.6 Å². The first-order chi connectivity index (χ1) is 13.7. The Morgan fingerprint density at radius 3 is 2.41 bits per heavy atom. The number of carbonyl (C=O) groups excluding carboxylic acids is 1. The van der Waals surface area contributed by atoms with Crippen LogP contribution in [0.3, 0.4) is 0 Å². The van der Waals surface area contributed by atoms with E-state index in [4.69, 9.17) is 4.74 Å². The monoisotopic (exact) mass is 510 g/mol. The van der Waals surface area contributed by atoms with Crippen molar-refractivity contribution in [1.82, 2.24) is 16.0 Å². The number of hydrogen-bond donors (Lipinski definition) is 3. The highest BCUT2D eigenvalue weighted by Crippen LogP contribution is 2.18. The van der Waals surface area contributed by atoms with E-state index in [1.807, 2.05) is 68.4 Å². The van der Waals surface area contributed by atoms with E-state index >= 15 is 0 Å². The fourth-order valence-electron chi connectivity index (χ4n) is 2.62. The second-order valence-electron chi connectivity index (χ2n) is 6.18. The van der Waals surface area contributed by atoms with Crippen LogP contribution in [0.15, 0.2) is 59.6 Å². The minimum absolute atomic E-state index is 0. The van der Waals surface area contributed by atoms with E-state index in [1.54, 1.807) is 0 Å². The highest BCUT2D eigenvalue weighted by Gasteiger charge is 2.05. The lowest BCUT2D eigenvalue weighted by Crippen LogP contribution is -2.39. The third kappa shape index (κ3) is 9.65. The van der Waals surface area contributed by atoms with Crippen LogP contribution >= 0.6 is 24.0 Å². The molecule has 158 valence electrons. The number of hydrogen-bond acceptors (Lipinski definition) is 3. The molecule has 0 aromatic heterocycles. The topological polar surface area (TPSA) is 74.8 Å². The van der Waals surface area contributed by atoms with Gasteiger partial charge in [-0.3, -0.25) is 4.79 Å². The molecule has 0 heterocycles. The number of amides is 1. The van der Waals surface area contributed by atoms with Gasteiger partial charge in [-0.25, -0.2) is 4.99 Å². The van der Waals surface area contributed by atoms with Gasteiger partial charge in [-0.05, 0) is 25.5 Å². The van der Waals surface area contributed by atoms with Crippen LogP contribution in [0.1, 0.15) is 31.4 Å². The molecule has 2 aromatic carbocycles. The predicted octanol–water partition coefficient (Wildman–Crippen LogP) is 3.46. The van der Waals surface area contributed by atoms with Gasteiger partial charge >= 0.3 is 0 Å². The predicted molar refractivity (Wildman–Crippen MR) is 129 cm³/mol. The van der Waals surface area contributed by atoms with Gasteiger partial charge in [0.05, 0.1) is 13.2 Å². The van der Waals surface area contributed by atoms with Crippen molar-refractivity contribution in [3.8, 4) is 5.75 Å². The Labute approximate surface area is 190 Å². The number of para-hydroxylation sites is 1. The van der Waals surface area contributed by atoms with E-state index in [0.717, 1.165) is 23.4 Å². The second-order valence-corrected chi connectivity index (χ2v) is 6.18. The van der Waals surface area contributed by atoms with E-state index in [2.05, 4.69) is 20.9 Å². The number of nitrogens with zero attached hydrogens (tertiary/aromatic N) is 1. The van der Waals surface area contributed by atoms with Crippen LogP contribution < -0.4 is 20.7 Å². The summed E-state index contributed by atoms with van der Waals surface area (Å²) in [5.74, 6) is 1.54. The zero-order valence-electron chi connectivity index (χ0n) is 17.1. The molecule has 0 aliphatic heterocycles. The standard InChI is InChI=1S/C22H30N4O2.HI/c1-3-23-22(26-17-19-12-8-9-13-20(19)28-4-2)24-15-14-21(27)25-16-18-10-6-5-7-11-18;/h5-13H,3-4,14-17H2,1-2H3,(H,25,27)(H2,23,24,26);1H. The maximum absolute atomic E-state index is 12.0. The first-order valence-corrected chi connectivity index (χ1v) is 9.76. The fourth-order valence-corrected chi connectivity index (χ4v) is 2.62. The number of nitrogens with one attached hydrogen (secondary N) is 3. The average Bonchev–Trinajstić information content (AvgIpc) is 2.72. The molecule has 0 aliphatic rings. The molecule has 7 heteroatoms. The van der Waals surface area contributed by atoms with E-state index in [1.165, 1.54) is 0 Å². The zero-order chi connectivity index (χ0) is 20.0. The molecule has 0 unspecified atom stereocenters. The van der Waals surface area contributed by atoms with Gasteiger partial charge in [-0.2, -0.15) is 0 Å². The zero-order valence-corrected chi connectivity index (χ0v) is 19.4. The van der Waals surface area contributed by atoms with Crippen molar-refractivity contribution >= 4 is 35.8 Å². The van der Waals surface area contributed by atoms with E-state index < -0.39 is 0 Å². The minimum Gasteiger partial charge on any atom is -0.494 e. The summed E-state index contributed by atoms with van der Waals surface area (Å²) in [6, 6.07) is 17.8. The first-order valence-electron chi connectivity index (χ1n) is 9.76. The lowest BCUT2D eigenvalue weighted by molar-refractivity contribution is -0.121. The first kappa shape index (κ1) is 24.7. The van der Waals surface area contributed by atoms with E-state index in [9.17, 15) is 4.79 Å². The Bertz CT molecular complexity index is 753. The molecule has 2 rings (SSSR count). The summed E-state index contributed by atoms with van der Waals surface area (Å²) < 4.78 is 5.64. The number of rotatable bonds is 10. The van der Waals surface area contributed by atoms with Crippen LogP contribution in [0.4, 0.5) is 0 Å². The smallest absolute Gasteiger partial charge is 0.222 e. The van der Waals surface area contributed by atoms with Gasteiger partial charge in [-0.15, -0.1) is 24.0 Å². The van der Waals surface area contributed by atoms with Crippen molar-refractivity contribution in [2.45, 2.75) is 33.4 Å². The van der Waals surface area contributed by atoms with E-state index in [0.29, 0.717) is 38.6 Å². The number of halogens is 1. The molecular weight excluding hydrogens is 479 g/mol. The average molecular weight is 510 g/mol. The molecule has 29 heavy (non-hydrogen) atoms.